The zero-order valence-electron chi connectivity index (χ0n) is 10.4. The Morgan fingerprint density at radius 3 is 2.82 bits per heavy atom. The maximum atomic E-state index is 5.80. The maximum absolute atomic E-state index is 5.80. The van der Waals surface area contributed by atoms with Crippen LogP contribution in [0.5, 0.6) is 5.75 Å². The average molecular weight is 229 g/mol. The number of fused-ring (bicyclic) bond motifs is 1. The van der Waals surface area contributed by atoms with Gasteiger partial charge in [-0.15, -0.1) is 0 Å². The van der Waals surface area contributed by atoms with Gasteiger partial charge < -0.3 is 4.74 Å². The van der Waals surface area contributed by atoms with Crippen molar-refractivity contribution in [3.63, 3.8) is 0 Å². The van der Waals surface area contributed by atoms with Crippen molar-refractivity contribution in [1.82, 2.24) is 4.98 Å². The highest BCUT2D eigenvalue weighted by atomic mass is 16.5. The van der Waals surface area contributed by atoms with Gasteiger partial charge in [0.2, 0.25) is 0 Å². The summed E-state index contributed by atoms with van der Waals surface area (Å²) in [5.41, 5.74) is 0.963. The molecule has 0 saturated carbocycles. The molecule has 0 amide bonds. The number of benzene rings is 1. The molecular weight excluding hydrogens is 210 g/mol. The van der Waals surface area contributed by atoms with E-state index in [2.05, 4.69) is 24.0 Å². The molecule has 0 radical (unpaired) electrons. The molecule has 0 fully saturated rings. The van der Waals surface area contributed by atoms with Crippen molar-refractivity contribution in [1.29, 1.82) is 0 Å². The number of aromatic nitrogens is 1. The zero-order chi connectivity index (χ0) is 11.9. The van der Waals surface area contributed by atoms with Crippen molar-refractivity contribution >= 4 is 10.9 Å². The summed E-state index contributed by atoms with van der Waals surface area (Å²) >= 11 is 0. The minimum absolute atomic E-state index is 0.787. The third kappa shape index (κ3) is 3.19. The monoisotopic (exact) mass is 229 g/mol. The minimum Gasteiger partial charge on any atom is -0.491 e. The van der Waals surface area contributed by atoms with Crippen molar-refractivity contribution in [3.8, 4) is 5.75 Å². The van der Waals surface area contributed by atoms with Crippen LogP contribution in [0.15, 0.2) is 36.5 Å². The number of pyridine rings is 1. The van der Waals surface area contributed by atoms with E-state index < -0.39 is 0 Å². The van der Waals surface area contributed by atoms with E-state index in [1.165, 1.54) is 19.3 Å². The van der Waals surface area contributed by atoms with Gasteiger partial charge in [-0.3, -0.25) is 4.98 Å². The van der Waals surface area contributed by atoms with Crippen LogP contribution >= 0.6 is 0 Å². The van der Waals surface area contributed by atoms with Gasteiger partial charge in [0.25, 0.3) is 0 Å². The van der Waals surface area contributed by atoms with Crippen molar-refractivity contribution in [3.05, 3.63) is 36.5 Å². The minimum atomic E-state index is 0.787. The summed E-state index contributed by atoms with van der Waals surface area (Å²) in [5.74, 6) is 0.902. The molecule has 0 spiro atoms. The van der Waals surface area contributed by atoms with Crippen LogP contribution in [0.1, 0.15) is 32.6 Å². The first-order valence-corrected chi connectivity index (χ1v) is 6.38. The molecule has 17 heavy (non-hydrogen) atoms. The average Bonchev–Trinajstić information content (AvgIpc) is 2.39. The SMILES string of the molecule is CCCCCCOc1cccc2cccnc12. The van der Waals surface area contributed by atoms with Crippen LogP contribution in [0.25, 0.3) is 10.9 Å². The molecule has 0 bridgehead atoms. The Balaban J connectivity index is 1.98. The van der Waals surface area contributed by atoms with E-state index in [1.807, 2.05) is 24.4 Å². The highest BCUT2D eigenvalue weighted by molar-refractivity contribution is 5.84. The highest BCUT2D eigenvalue weighted by Gasteiger charge is 2.01. The Morgan fingerprint density at radius 1 is 1.06 bits per heavy atom. The van der Waals surface area contributed by atoms with Crippen LogP contribution in [0, 0.1) is 0 Å². The van der Waals surface area contributed by atoms with Crippen LogP contribution in [0.4, 0.5) is 0 Å². The van der Waals surface area contributed by atoms with Crippen molar-refractivity contribution in [2.75, 3.05) is 6.61 Å². The second-order valence-corrected chi connectivity index (χ2v) is 4.24. The lowest BCUT2D eigenvalue weighted by Crippen LogP contribution is -1.98. The Bertz CT molecular complexity index is 462. The van der Waals surface area contributed by atoms with Gasteiger partial charge in [-0.05, 0) is 18.6 Å². The first-order valence-electron chi connectivity index (χ1n) is 6.38. The molecule has 1 aromatic heterocycles. The molecular formula is C15H19NO. The van der Waals surface area contributed by atoms with E-state index in [0.717, 1.165) is 29.7 Å². The molecule has 2 heteroatoms. The summed E-state index contributed by atoms with van der Waals surface area (Å²) in [6.07, 6.45) is 6.73. The molecule has 2 nitrogen and oxygen atoms in total. The predicted molar refractivity (Wildman–Crippen MR) is 71.4 cm³/mol. The fourth-order valence-corrected chi connectivity index (χ4v) is 1.90. The number of rotatable bonds is 6. The second-order valence-electron chi connectivity index (χ2n) is 4.24. The van der Waals surface area contributed by atoms with Crippen molar-refractivity contribution in [2.24, 2.45) is 0 Å². The number of hydrogen-bond donors (Lipinski definition) is 0. The molecule has 0 aliphatic carbocycles. The van der Waals surface area contributed by atoms with Crippen LogP contribution in [-0.4, -0.2) is 11.6 Å². The lowest BCUT2D eigenvalue weighted by Gasteiger charge is -2.08. The molecule has 0 unspecified atom stereocenters. The van der Waals surface area contributed by atoms with E-state index in [0.29, 0.717) is 0 Å². The number of unbranched alkanes of at least 4 members (excludes halogenated alkanes) is 3. The number of nitrogens with zero attached hydrogens (tertiary/aromatic N) is 1. The molecule has 0 aliphatic rings. The quantitative estimate of drug-likeness (QED) is 0.693. The summed E-state index contributed by atoms with van der Waals surface area (Å²) in [7, 11) is 0. The van der Waals surface area contributed by atoms with Gasteiger partial charge in [0.05, 0.1) is 6.61 Å². The standard InChI is InChI=1S/C15H19NO/c1-2-3-4-5-12-17-14-10-6-8-13-9-7-11-16-15(13)14/h6-11H,2-5,12H2,1H3. The number of hydrogen-bond acceptors (Lipinski definition) is 2. The van der Waals surface area contributed by atoms with Gasteiger partial charge >= 0.3 is 0 Å². The van der Waals surface area contributed by atoms with Crippen molar-refractivity contribution in [2.45, 2.75) is 32.6 Å². The fourth-order valence-electron chi connectivity index (χ4n) is 1.90. The van der Waals surface area contributed by atoms with Gasteiger partial charge in [0.1, 0.15) is 11.3 Å². The van der Waals surface area contributed by atoms with E-state index in [-0.39, 0.29) is 0 Å². The predicted octanol–water partition coefficient (Wildman–Crippen LogP) is 4.19. The second kappa shape index (κ2) is 6.24. The summed E-state index contributed by atoms with van der Waals surface area (Å²) in [6.45, 7) is 3.01. The van der Waals surface area contributed by atoms with Gasteiger partial charge in [0.15, 0.2) is 0 Å². The molecule has 0 N–H and O–H groups in total. The molecule has 1 heterocycles. The molecule has 90 valence electrons. The summed E-state index contributed by atoms with van der Waals surface area (Å²) in [5, 5.41) is 1.14. The zero-order valence-corrected chi connectivity index (χ0v) is 10.4. The summed E-state index contributed by atoms with van der Waals surface area (Å²) in [6, 6.07) is 10.1. The van der Waals surface area contributed by atoms with Crippen LogP contribution in [0.3, 0.4) is 0 Å². The maximum Gasteiger partial charge on any atom is 0.145 e. The lowest BCUT2D eigenvalue weighted by atomic mass is 10.2. The summed E-state index contributed by atoms with van der Waals surface area (Å²) < 4.78 is 5.80. The molecule has 0 saturated heterocycles. The summed E-state index contributed by atoms with van der Waals surface area (Å²) in [4.78, 5) is 4.37. The fraction of sp³-hybridized carbons (Fsp3) is 0.400. The highest BCUT2D eigenvalue weighted by Crippen LogP contribution is 2.23. The van der Waals surface area contributed by atoms with E-state index in [1.54, 1.807) is 0 Å². The topological polar surface area (TPSA) is 22.1 Å². The van der Waals surface area contributed by atoms with E-state index in [9.17, 15) is 0 Å². The largest absolute Gasteiger partial charge is 0.491 e. The van der Waals surface area contributed by atoms with Crippen LogP contribution < -0.4 is 4.74 Å². The molecule has 2 aromatic rings. The number of para-hydroxylation sites is 1. The Morgan fingerprint density at radius 2 is 1.94 bits per heavy atom. The van der Waals surface area contributed by atoms with Gasteiger partial charge in [-0.2, -0.15) is 0 Å². The van der Waals surface area contributed by atoms with Gasteiger partial charge in [-0.1, -0.05) is 44.4 Å². The lowest BCUT2D eigenvalue weighted by molar-refractivity contribution is 0.308. The van der Waals surface area contributed by atoms with Gasteiger partial charge in [0, 0.05) is 11.6 Å². The third-order valence-corrected chi connectivity index (χ3v) is 2.85. The van der Waals surface area contributed by atoms with Crippen LogP contribution in [-0.2, 0) is 0 Å². The number of ether oxygens (including phenoxy) is 1. The molecule has 2 rings (SSSR count). The first-order chi connectivity index (χ1) is 8.42. The van der Waals surface area contributed by atoms with E-state index in [4.69, 9.17) is 4.74 Å². The van der Waals surface area contributed by atoms with Crippen LogP contribution in [0.2, 0.25) is 0 Å². The Hall–Kier alpha value is -1.57. The smallest absolute Gasteiger partial charge is 0.145 e. The Kier molecular flexibility index (Phi) is 4.37. The first kappa shape index (κ1) is 11.9. The normalized spacial score (nSPS) is 10.6. The van der Waals surface area contributed by atoms with E-state index >= 15 is 0 Å². The molecule has 0 aliphatic heterocycles. The van der Waals surface area contributed by atoms with Gasteiger partial charge in [-0.25, -0.2) is 0 Å². The Labute approximate surface area is 103 Å². The molecule has 0 atom stereocenters. The molecule has 1 aromatic carbocycles. The van der Waals surface area contributed by atoms with Crippen molar-refractivity contribution < 1.29 is 4.74 Å². The third-order valence-electron chi connectivity index (χ3n) is 2.85.